The molecule has 0 aromatic heterocycles. The molecule has 3 unspecified atom stereocenters. The van der Waals surface area contributed by atoms with E-state index in [4.69, 9.17) is 4.74 Å². The van der Waals surface area contributed by atoms with Crippen molar-refractivity contribution in [2.45, 2.75) is 64.6 Å². The lowest BCUT2D eigenvalue weighted by molar-refractivity contribution is -0.0309. The number of nitrogens with one attached hydrogen (secondary N) is 1. The van der Waals surface area contributed by atoms with Crippen molar-refractivity contribution in [3.05, 3.63) is 0 Å². The van der Waals surface area contributed by atoms with E-state index >= 15 is 0 Å². The molecule has 4 heteroatoms. The van der Waals surface area contributed by atoms with E-state index in [1.54, 1.807) is 0 Å². The third-order valence-corrected chi connectivity index (χ3v) is 4.03. The van der Waals surface area contributed by atoms with Crippen molar-refractivity contribution in [1.82, 2.24) is 10.2 Å². The summed E-state index contributed by atoms with van der Waals surface area (Å²) in [6, 6.07) is 3.35. The second-order valence-corrected chi connectivity index (χ2v) is 5.80. The SMILES string of the molecule is CCCNC(C)(C#N)CC(C)N1CCOCC1CC. The Kier molecular flexibility index (Phi) is 6.78. The molecule has 0 saturated carbocycles. The second kappa shape index (κ2) is 7.84. The maximum Gasteiger partial charge on any atom is 0.105 e. The zero-order chi connectivity index (χ0) is 14.3. The van der Waals surface area contributed by atoms with Gasteiger partial charge in [-0.15, -0.1) is 0 Å². The topological polar surface area (TPSA) is 48.3 Å². The largest absolute Gasteiger partial charge is 0.378 e. The minimum Gasteiger partial charge on any atom is -0.378 e. The zero-order valence-corrected chi connectivity index (χ0v) is 12.9. The first-order chi connectivity index (χ1) is 9.06. The molecule has 1 aliphatic heterocycles. The summed E-state index contributed by atoms with van der Waals surface area (Å²) >= 11 is 0. The molecule has 3 atom stereocenters. The van der Waals surface area contributed by atoms with Crippen molar-refractivity contribution in [2.75, 3.05) is 26.3 Å². The summed E-state index contributed by atoms with van der Waals surface area (Å²) in [4.78, 5) is 2.51. The van der Waals surface area contributed by atoms with Gasteiger partial charge in [0.2, 0.25) is 0 Å². The lowest BCUT2D eigenvalue weighted by Crippen LogP contribution is -2.53. The average Bonchev–Trinajstić information content (AvgIpc) is 2.45. The van der Waals surface area contributed by atoms with E-state index in [2.05, 4.69) is 37.1 Å². The van der Waals surface area contributed by atoms with E-state index in [-0.39, 0.29) is 0 Å². The highest BCUT2D eigenvalue weighted by Gasteiger charge is 2.32. The van der Waals surface area contributed by atoms with Gasteiger partial charge in [0.05, 0.1) is 19.3 Å². The number of nitriles is 1. The molecule has 0 bridgehead atoms. The number of morpholine rings is 1. The molecule has 1 fully saturated rings. The van der Waals surface area contributed by atoms with Crippen molar-refractivity contribution in [2.24, 2.45) is 0 Å². The van der Waals surface area contributed by atoms with Crippen LogP contribution in [-0.4, -0.2) is 48.8 Å². The van der Waals surface area contributed by atoms with Gasteiger partial charge in [-0.2, -0.15) is 5.26 Å². The monoisotopic (exact) mass is 267 g/mol. The van der Waals surface area contributed by atoms with Gasteiger partial charge in [-0.3, -0.25) is 10.2 Å². The fraction of sp³-hybridized carbons (Fsp3) is 0.933. The van der Waals surface area contributed by atoms with Crippen molar-refractivity contribution in [3.8, 4) is 6.07 Å². The highest BCUT2D eigenvalue weighted by Crippen LogP contribution is 2.21. The lowest BCUT2D eigenvalue weighted by atomic mass is 9.93. The number of nitrogens with zero attached hydrogens (tertiary/aromatic N) is 2. The van der Waals surface area contributed by atoms with E-state index in [0.717, 1.165) is 45.6 Å². The lowest BCUT2D eigenvalue weighted by Gasteiger charge is -2.41. The molecular weight excluding hydrogens is 238 g/mol. The van der Waals surface area contributed by atoms with Crippen LogP contribution in [0.15, 0.2) is 0 Å². The second-order valence-electron chi connectivity index (χ2n) is 5.80. The first-order valence-electron chi connectivity index (χ1n) is 7.56. The predicted octanol–water partition coefficient (Wildman–Crippen LogP) is 2.16. The van der Waals surface area contributed by atoms with Gasteiger partial charge < -0.3 is 4.74 Å². The van der Waals surface area contributed by atoms with E-state index in [1.807, 2.05) is 6.92 Å². The van der Waals surface area contributed by atoms with E-state index in [0.29, 0.717) is 12.1 Å². The highest BCUT2D eigenvalue weighted by atomic mass is 16.5. The molecule has 0 aliphatic carbocycles. The molecule has 1 aliphatic rings. The molecule has 0 amide bonds. The summed E-state index contributed by atoms with van der Waals surface area (Å²) in [5, 5.41) is 12.8. The molecule has 1 saturated heterocycles. The summed E-state index contributed by atoms with van der Waals surface area (Å²) < 4.78 is 5.55. The molecule has 0 aromatic carbocycles. The Morgan fingerprint density at radius 3 is 2.84 bits per heavy atom. The number of hydrogen-bond acceptors (Lipinski definition) is 4. The predicted molar refractivity (Wildman–Crippen MR) is 78.0 cm³/mol. The summed E-state index contributed by atoms with van der Waals surface area (Å²) in [6.07, 6.45) is 3.02. The van der Waals surface area contributed by atoms with Crippen molar-refractivity contribution < 1.29 is 4.74 Å². The Balaban J connectivity index is 2.60. The van der Waals surface area contributed by atoms with Crippen LogP contribution in [0.25, 0.3) is 0 Å². The van der Waals surface area contributed by atoms with E-state index in [9.17, 15) is 5.26 Å². The number of ether oxygens (including phenoxy) is 1. The van der Waals surface area contributed by atoms with Crippen molar-refractivity contribution in [3.63, 3.8) is 0 Å². The Labute approximate surface area is 118 Å². The molecule has 1 heterocycles. The van der Waals surface area contributed by atoms with Gasteiger partial charge in [-0.05, 0) is 39.7 Å². The van der Waals surface area contributed by atoms with Crippen molar-refractivity contribution in [1.29, 1.82) is 5.26 Å². The Morgan fingerprint density at radius 1 is 1.53 bits per heavy atom. The maximum atomic E-state index is 9.43. The summed E-state index contributed by atoms with van der Waals surface area (Å²) in [5.41, 5.74) is -0.425. The van der Waals surface area contributed by atoms with Crippen LogP contribution in [0.5, 0.6) is 0 Å². The van der Waals surface area contributed by atoms with Gasteiger partial charge in [0.15, 0.2) is 0 Å². The molecule has 1 N–H and O–H groups in total. The van der Waals surface area contributed by atoms with Gasteiger partial charge >= 0.3 is 0 Å². The molecule has 4 nitrogen and oxygen atoms in total. The van der Waals surface area contributed by atoms with Crippen molar-refractivity contribution >= 4 is 0 Å². The molecule has 0 radical (unpaired) electrons. The number of hydrogen-bond donors (Lipinski definition) is 1. The van der Waals surface area contributed by atoms with Crippen LogP contribution in [0.1, 0.15) is 47.0 Å². The normalized spacial score (nSPS) is 25.5. The first-order valence-corrected chi connectivity index (χ1v) is 7.56. The Morgan fingerprint density at radius 2 is 2.26 bits per heavy atom. The number of rotatable bonds is 7. The van der Waals surface area contributed by atoms with Gasteiger partial charge in [0.25, 0.3) is 0 Å². The first kappa shape index (κ1) is 16.4. The molecular formula is C15H29N3O. The standard InChI is InChI=1S/C15H29N3O/c1-5-7-17-15(4,12-16)10-13(3)18-8-9-19-11-14(18)6-2/h13-14,17H,5-11H2,1-4H3. The van der Waals surface area contributed by atoms with Gasteiger partial charge in [-0.25, -0.2) is 0 Å². The van der Waals surface area contributed by atoms with Crippen LogP contribution in [0.2, 0.25) is 0 Å². The summed E-state index contributed by atoms with van der Waals surface area (Å²) in [7, 11) is 0. The Bertz CT molecular complexity index is 302. The van der Waals surface area contributed by atoms with Crippen LogP contribution in [0.3, 0.4) is 0 Å². The molecule has 0 spiro atoms. The van der Waals surface area contributed by atoms with E-state index in [1.165, 1.54) is 0 Å². The highest BCUT2D eigenvalue weighted by molar-refractivity contribution is 5.05. The molecule has 19 heavy (non-hydrogen) atoms. The quantitative estimate of drug-likeness (QED) is 0.768. The van der Waals surface area contributed by atoms with E-state index < -0.39 is 5.54 Å². The molecule has 110 valence electrons. The Hall–Kier alpha value is -0.630. The van der Waals surface area contributed by atoms with Crippen LogP contribution < -0.4 is 5.32 Å². The third-order valence-electron chi connectivity index (χ3n) is 4.03. The van der Waals surface area contributed by atoms with Crippen LogP contribution >= 0.6 is 0 Å². The fourth-order valence-electron chi connectivity index (χ4n) is 2.87. The zero-order valence-electron chi connectivity index (χ0n) is 12.9. The van der Waals surface area contributed by atoms with Crippen LogP contribution in [0, 0.1) is 11.3 Å². The summed E-state index contributed by atoms with van der Waals surface area (Å²) in [5.74, 6) is 0. The van der Waals surface area contributed by atoms with Gasteiger partial charge in [0.1, 0.15) is 5.54 Å². The van der Waals surface area contributed by atoms with Gasteiger partial charge in [0, 0.05) is 18.6 Å². The molecule has 0 aromatic rings. The van der Waals surface area contributed by atoms with Gasteiger partial charge in [-0.1, -0.05) is 13.8 Å². The minimum absolute atomic E-state index is 0.405. The van der Waals surface area contributed by atoms with Crippen LogP contribution in [-0.2, 0) is 4.74 Å². The minimum atomic E-state index is -0.425. The molecule has 1 rings (SSSR count). The smallest absolute Gasteiger partial charge is 0.105 e. The average molecular weight is 267 g/mol. The summed E-state index contributed by atoms with van der Waals surface area (Å²) in [6.45, 7) is 12.1. The third kappa shape index (κ3) is 4.76. The van der Waals surface area contributed by atoms with Crippen LogP contribution in [0.4, 0.5) is 0 Å². The fourth-order valence-corrected chi connectivity index (χ4v) is 2.87. The maximum absolute atomic E-state index is 9.43.